The Morgan fingerprint density at radius 1 is 1.24 bits per heavy atom. The predicted octanol–water partition coefficient (Wildman–Crippen LogP) is 0.834. The molecule has 4 rings (SSSR count). The Morgan fingerprint density at radius 2 is 2.00 bits per heavy atom. The average Bonchev–Trinajstić information content (AvgIpc) is 3.25. The fourth-order valence-corrected chi connectivity index (χ4v) is 4.20. The largest absolute Gasteiger partial charge is 0.497 e. The molecule has 11 heteroatoms. The lowest BCUT2D eigenvalue weighted by atomic mass is 10.1. The summed E-state index contributed by atoms with van der Waals surface area (Å²) in [5.41, 5.74) is 6.87. The molecule has 0 amide bonds. The number of aliphatic hydroxyl groups excluding tert-OH is 2. The van der Waals surface area contributed by atoms with Crippen molar-refractivity contribution in [2.75, 3.05) is 26.6 Å². The third-order valence-electron chi connectivity index (χ3n) is 4.76. The van der Waals surface area contributed by atoms with Crippen molar-refractivity contribution in [3.63, 3.8) is 0 Å². The first kappa shape index (κ1) is 19.9. The molecular weight excluding hydrogens is 398 g/mol. The van der Waals surface area contributed by atoms with Gasteiger partial charge in [0.25, 0.3) is 0 Å². The summed E-state index contributed by atoms with van der Waals surface area (Å²) in [5.74, 6) is 0.974. The van der Waals surface area contributed by atoms with Crippen LogP contribution in [0.1, 0.15) is 6.23 Å². The Labute approximate surface area is 170 Å². The summed E-state index contributed by atoms with van der Waals surface area (Å²) in [4.78, 5) is 13.8. The van der Waals surface area contributed by atoms with Crippen LogP contribution in [0.3, 0.4) is 0 Å². The standard InChI is InChI=1S/C18H21N5O5S/c1-26-9-3-5-10(6-4-9)29-18-22-12-15(19)20-8-21-16(12)23(18)17-14(27-2)13(25)11(7-24)28-17/h3-6,8,11,13-14,17,24-25H,7H2,1-2H3,(H2,19,20,21)/t11-,13-,14-,17-/m1/s1. The van der Waals surface area contributed by atoms with E-state index in [0.717, 1.165) is 10.6 Å². The van der Waals surface area contributed by atoms with E-state index in [1.807, 2.05) is 24.3 Å². The molecule has 3 aromatic rings. The molecule has 1 saturated heterocycles. The topological polar surface area (TPSA) is 138 Å². The van der Waals surface area contributed by atoms with Gasteiger partial charge in [-0.25, -0.2) is 15.0 Å². The summed E-state index contributed by atoms with van der Waals surface area (Å²) >= 11 is 1.37. The van der Waals surface area contributed by atoms with Crippen LogP contribution in [0.2, 0.25) is 0 Å². The monoisotopic (exact) mass is 419 g/mol. The molecule has 0 aliphatic carbocycles. The van der Waals surface area contributed by atoms with E-state index in [1.165, 1.54) is 25.2 Å². The second kappa shape index (κ2) is 8.13. The number of aliphatic hydroxyl groups is 2. The van der Waals surface area contributed by atoms with Gasteiger partial charge in [0, 0.05) is 12.0 Å². The number of hydrogen-bond donors (Lipinski definition) is 3. The van der Waals surface area contributed by atoms with Crippen LogP contribution in [0, 0.1) is 0 Å². The van der Waals surface area contributed by atoms with Crippen molar-refractivity contribution in [3.8, 4) is 5.75 Å². The van der Waals surface area contributed by atoms with Gasteiger partial charge in [-0.15, -0.1) is 0 Å². The average molecular weight is 419 g/mol. The molecule has 0 bridgehead atoms. The highest BCUT2D eigenvalue weighted by Crippen LogP contribution is 2.39. The van der Waals surface area contributed by atoms with Crippen LogP contribution in [0.4, 0.5) is 5.82 Å². The van der Waals surface area contributed by atoms with Crippen LogP contribution in [0.25, 0.3) is 11.2 Å². The number of anilines is 1. The summed E-state index contributed by atoms with van der Waals surface area (Å²) < 4.78 is 18.3. The number of aromatic nitrogens is 4. The lowest BCUT2D eigenvalue weighted by Crippen LogP contribution is -2.34. The van der Waals surface area contributed by atoms with Crippen molar-refractivity contribution >= 4 is 28.7 Å². The molecule has 10 nitrogen and oxygen atoms in total. The van der Waals surface area contributed by atoms with Gasteiger partial charge in [0.1, 0.15) is 30.4 Å². The Kier molecular flexibility index (Phi) is 5.56. The number of nitrogens with two attached hydrogens (primary N) is 1. The van der Waals surface area contributed by atoms with Crippen LogP contribution in [0.15, 0.2) is 40.6 Å². The fraction of sp³-hybridized carbons (Fsp3) is 0.389. The summed E-state index contributed by atoms with van der Waals surface area (Å²) in [6.07, 6.45) is -1.94. The van der Waals surface area contributed by atoms with Crippen LogP contribution in [0.5, 0.6) is 5.75 Å². The minimum Gasteiger partial charge on any atom is -0.497 e. The zero-order valence-corrected chi connectivity index (χ0v) is 16.6. The Morgan fingerprint density at radius 3 is 2.66 bits per heavy atom. The molecule has 29 heavy (non-hydrogen) atoms. The number of nitrogen functional groups attached to an aromatic ring is 1. The van der Waals surface area contributed by atoms with E-state index in [4.69, 9.17) is 19.9 Å². The normalized spacial score (nSPS) is 24.3. The lowest BCUT2D eigenvalue weighted by molar-refractivity contribution is -0.0623. The molecule has 2 aromatic heterocycles. The van der Waals surface area contributed by atoms with Crippen LogP contribution < -0.4 is 10.5 Å². The van der Waals surface area contributed by atoms with E-state index in [9.17, 15) is 10.2 Å². The van der Waals surface area contributed by atoms with Gasteiger partial charge in [-0.05, 0) is 24.3 Å². The van der Waals surface area contributed by atoms with Crippen molar-refractivity contribution in [1.29, 1.82) is 0 Å². The van der Waals surface area contributed by atoms with Crippen molar-refractivity contribution in [2.45, 2.75) is 34.6 Å². The molecule has 4 N–H and O–H groups in total. The first-order valence-electron chi connectivity index (χ1n) is 8.84. The number of ether oxygens (including phenoxy) is 3. The summed E-state index contributed by atoms with van der Waals surface area (Å²) in [5, 5.41) is 20.5. The molecular formula is C18H21N5O5S. The molecule has 1 fully saturated rings. The number of rotatable bonds is 6. The summed E-state index contributed by atoms with van der Waals surface area (Å²) in [7, 11) is 3.08. The third kappa shape index (κ3) is 3.51. The quantitative estimate of drug-likeness (QED) is 0.527. The van der Waals surface area contributed by atoms with Gasteiger partial charge < -0.3 is 30.2 Å². The zero-order chi connectivity index (χ0) is 20.5. The van der Waals surface area contributed by atoms with Gasteiger partial charge in [0.2, 0.25) is 0 Å². The maximum absolute atomic E-state index is 10.5. The fourth-order valence-electron chi connectivity index (χ4n) is 3.29. The molecule has 0 unspecified atom stereocenters. The number of methoxy groups -OCH3 is 2. The molecule has 4 atom stereocenters. The summed E-state index contributed by atoms with van der Waals surface area (Å²) in [6.45, 7) is -0.345. The van der Waals surface area contributed by atoms with E-state index in [-0.39, 0.29) is 12.4 Å². The first-order chi connectivity index (χ1) is 14.1. The zero-order valence-electron chi connectivity index (χ0n) is 15.8. The molecule has 1 aliphatic rings. The van der Waals surface area contributed by atoms with Gasteiger partial charge in [0.05, 0.1) is 13.7 Å². The Bertz CT molecular complexity index is 998. The highest BCUT2D eigenvalue weighted by Gasteiger charge is 2.46. The van der Waals surface area contributed by atoms with E-state index >= 15 is 0 Å². The van der Waals surface area contributed by atoms with Crippen LogP contribution in [-0.2, 0) is 9.47 Å². The maximum atomic E-state index is 10.5. The number of fused-ring (bicyclic) bond motifs is 1. The number of imidazole rings is 1. The second-order valence-corrected chi connectivity index (χ2v) is 7.45. The van der Waals surface area contributed by atoms with Crippen LogP contribution in [-0.4, -0.2) is 68.9 Å². The smallest absolute Gasteiger partial charge is 0.177 e. The van der Waals surface area contributed by atoms with E-state index in [2.05, 4.69) is 15.0 Å². The Hall–Kier alpha value is -2.44. The molecule has 0 saturated carbocycles. The predicted molar refractivity (Wildman–Crippen MR) is 105 cm³/mol. The maximum Gasteiger partial charge on any atom is 0.177 e. The molecule has 154 valence electrons. The van der Waals surface area contributed by atoms with Gasteiger partial charge in [-0.2, -0.15) is 0 Å². The van der Waals surface area contributed by atoms with Gasteiger partial charge in [0.15, 0.2) is 28.4 Å². The van der Waals surface area contributed by atoms with Crippen molar-refractivity contribution in [2.24, 2.45) is 0 Å². The second-order valence-electron chi connectivity index (χ2n) is 6.41. The van der Waals surface area contributed by atoms with E-state index in [1.54, 1.807) is 11.7 Å². The third-order valence-corrected chi connectivity index (χ3v) is 5.74. The molecule has 0 radical (unpaired) electrons. The minimum absolute atomic E-state index is 0.233. The number of benzene rings is 1. The van der Waals surface area contributed by atoms with Gasteiger partial charge in [-0.3, -0.25) is 4.57 Å². The van der Waals surface area contributed by atoms with Crippen molar-refractivity contribution in [1.82, 2.24) is 19.5 Å². The van der Waals surface area contributed by atoms with Crippen molar-refractivity contribution in [3.05, 3.63) is 30.6 Å². The molecule has 3 heterocycles. The molecule has 1 aliphatic heterocycles. The number of nitrogens with zero attached hydrogens (tertiary/aromatic N) is 4. The minimum atomic E-state index is -1.01. The van der Waals surface area contributed by atoms with Gasteiger partial charge in [-0.1, -0.05) is 11.8 Å². The number of hydrogen-bond acceptors (Lipinski definition) is 10. The van der Waals surface area contributed by atoms with Crippen molar-refractivity contribution < 1.29 is 24.4 Å². The molecule has 0 spiro atoms. The highest BCUT2D eigenvalue weighted by atomic mass is 32.2. The summed E-state index contributed by atoms with van der Waals surface area (Å²) in [6, 6.07) is 7.49. The van der Waals surface area contributed by atoms with E-state index in [0.29, 0.717) is 16.3 Å². The SMILES string of the molecule is COc1ccc(Sc2nc3c(N)ncnc3n2[C@@H]2O[C@H](CO)[C@@H](O)[C@H]2OC)cc1. The highest BCUT2D eigenvalue weighted by molar-refractivity contribution is 7.99. The Balaban J connectivity index is 1.81. The lowest BCUT2D eigenvalue weighted by Gasteiger charge is -2.21. The van der Waals surface area contributed by atoms with Crippen LogP contribution >= 0.6 is 11.8 Å². The van der Waals surface area contributed by atoms with E-state index < -0.39 is 24.5 Å². The first-order valence-corrected chi connectivity index (χ1v) is 9.66. The molecule has 1 aromatic carbocycles. The van der Waals surface area contributed by atoms with Gasteiger partial charge >= 0.3 is 0 Å².